The van der Waals surface area contributed by atoms with E-state index in [0.29, 0.717) is 0 Å². The van der Waals surface area contributed by atoms with E-state index >= 15 is 0 Å². The molecule has 0 bridgehead atoms. The van der Waals surface area contributed by atoms with Crippen LogP contribution in [0.3, 0.4) is 0 Å². The number of likely N-dealkylation sites (tertiary alicyclic amines) is 1. The van der Waals surface area contributed by atoms with Crippen molar-refractivity contribution >= 4 is 22.5 Å². The van der Waals surface area contributed by atoms with Crippen LogP contribution in [0.2, 0.25) is 0 Å². The molecule has 0 unspecified atom stereocenters. The van der Waals surface area contributed by atoms with E-state index in [9.17, 15) is 4.79 Å². The summed E-state index contributed by atoms with van der Waals surface area (Å²) in [7, 11) is 0. The quantitative estimate of drug-likeness (QED) is 0.438. The average Bonchev–Trinajstić information content (AvgIpc) is 2.79. The number of rotatable bonds is 5. The molecule has 0 saturated carbocycles. The zero-order chi connectivity index (χ0) is 22.8. The van der Waals surface area contributed by atoms with Crippen LogP contribution in [0.25, 0.3) is 10.8 Å². The molecule has 1 aliphatic rings. The zero-order valence-corrected chi connectivity index (χ0v) is 19.0. The van der Waals surface area contributed by atoms with Crippen molar-refractivity contribution < 1.29 is 4.79 Å². The minimum absolute atomic E-state index is 0.111. The molecule has 3 aromatic carbocycles. The van der Waals surface area contributed by atoms with Crippen molar-refractivity contribution in [2.75, 3.05) is 18.4 Å². The molecule has 1 aliphatic heterocycles. The largest absolute Gasteiger partial charge is 0.333 e. The van der Waals surface area contributed by atoms with Crippen molar-refractivity contribution in [1.29, 1.82) is 0 Å². The highest BCUT2D eigenvalue weighted by Gasteiger charge is 2.34. The number of anilines is 1. The Balaban J connectivity index is 1.26. The molecule has 0 spiro atoms. The maximum atomic E-state index is 12.8. The number of hydrogen-bond acceptors (Lipinski definition) is 3. The van der Waals surface area contributed by atoms with Crippen LogP contribution >= 0.6 is 0 Å². The van der Waals surface area contributed by atoms with Gasteiger partial charge in [-0.3, -0.25) is 9.88 Å². The molecule has 0 atom stereocenters. The van der Waals surface area contributed by atoms with Crippen LogP contribution in [-0.2, 0) is 0 Å². The predicted molar refractivity (Wildman–Crippen MR) is 133 cm³/mol. The summed E-state index contributed by atoms with van der Waals surface area (Å²) in [5.41, 5.74) is 5.25. The summed E-state index contributed by atoms with van der Waals surface area (Å²) in [6, 6.07) is 29.2. The molecular weight excluding hydrogens is 408 g/mol. The molecule has 5 nitrogen and oxygen atoms in total. The number of pyridine rings is 1. The molecule has 2 heterocycles. The van der Waals surface area contributed by atoms with Gasteiger partial charge < -0.3 is 10.6 Å². The van der Waals surface area contributed by atoms with E-state index in [0.717, 1.165) is 40.9 Å². The standard InChI is InChI=1S/C28H28N4O/c1-19-16-25-24(20(2)29-19)14-9-15-26(25)31-28(33)30-23-17-32(18-23)27(21-10-5-3-6-11-21)22-12-7-4-8-13-22/h3-16,23,27H,17-18H2,1-2H3,(H2,30,31,33). The van der Waals surface area contributed by atoms with Crippen molar-refractivity contribution in [2.45, 2.75) is 25.9 Å². The molecule has 0 aliphatic carbocycles. The maximum absolute atomic E-state index is 12.8. The lowest BCUT2D eigenvalue weighted by molar-refractivity contribution is 0.0986. The number of amides is 2. The summed E-state index contributed by atoms with van der Waals surface area (Å²) in [6.07, 6.45) is 0. The van der Waals surface area contributed by atoms with Crippen LogP contribution in [0.1, 0.15) is 28.6 Å². The molecule has 0 radical (unpaired) electrons. The van der Waals surface area contributed by atoms with Gasteiger partial charge in [0.15, 0.2) is 0 Å². The van der Waals surface area contributed by atoms with Crippen molar-refractivity contribution in [3.05, 3.63) is 107 Å². The molecule has 1 aromatic heterocycles. The Morgan fingerprint density at radius 2 is 1.52 bits per heavy atom. The molecule has 2 N–H and O–H groups in total. The van der Waals surface area contributed by atoms with Gasteiger partial charge in [-0.05, 0) is 37.1 Å². The topological polar surface area (TPSA) is 57.3 Å². The highest BCUT2D eigenvalue weighted by Crippen LogP contribution is 2.32. The smallest absolute Gasteiger partial charge is 0.319 e. The molecule has 1 fully saturated rings. The summed E-state index contributed by atoms with van der Waals surface area (Å²) in [5, 5.41) is 8.26. The minimum Gasteiger partial charge on any atom is -0.333 e. The summed E-state index contributed by atoms with van der Waals surface area (Å²) in [4.78, 5) is 19.7. The highest BCUT2D eigenvalue weighted by molar-refractivity contribution is 6.02. The van der Waals surface area contributed by atoms with Gasteiger partial charge >= 0.3 is 6.03 Å². The molecular formula is C28H28N4O. The molecule has 33 heavy (non-hydrogen) atoms. The molecule has 166 valence electrons. The van der Waals surface area contributed by atoms with Crippen molar-refractivity contribution in [2.24, 2.45) is 0 Å². The number of fused-ring (bicyclic) bond motifs is 1. The van der Waals surface area contributed by atoms with Crippen molar-refractivity contribution in [3.63, 3.8) is 0 Å². The van der Waals surface area contributed by atoms with E-state index in [1.807, 2.05) is 50.2 Å². The first-order valence-electron chi connectivity index (χ1n) is 11.4. The number of nitrogens with zero attached hydrogens (tertiary/aromatic N) is 2. The Bertz CT molecular complexity index is 1230. The number of benzene rings is 3. The Labute approximate surface area is 194 Å². The summed E-state index contributed by atoms with van der Waals surface area (Å²) in [5.74, 6) is 0. The normalized spacial score (nSPS) is 14.3. The van der Waals surface area contributed by atoms with Gasteiger partial charge in [0.25, 0.3) is 0 Å². The average molecular weight is 437 g/mol. The van der Waals surface area contributed by atoms with Crippen LogP contribution in [-0.4, -0.2) is 35.0 Å². The lowest BCUT2D eigenvalue weighted by atomic mass is 9.93. The van der Waals surface area contributed by atoms with Crippen molar-refractivity contribution in [1.82, 2.24) is 15.2 Å². The van der Waals surface area contributed by atoms with Crippen LogP contribution in [0, 0.1) is 13.8 Å². The number of carbonyl (C=O) groups is 1. The number of carbonyl (C=O) groups excluding carboxylic acids is 1. The minimum atomic E-state index is -0.171. The molecule has 4 aromatic rings. The second kappa shape index (κ2) is 9.04. The third-order valence-corrected chi connectivity index (χ3v) is 6.28. The molecule has 2 amide bonds. The Morgan fingerprint density at radius 1 is 0.879 bits per heavy atom. The number of aromatic nitrogens is 1. The first-order chi connectivity index (χ1) is 16.1. The lowest BCUT2D eigenvalue weighted by Gasteiger charge is -2.45. The zero-order valence-electron chi connectivity index (χ0n) is 19.0. The van der Waals surface area contributed by atoms with Crippen LogP contribution in [0.5, 0.6) is 0 Å². The fraction of sp³-hybridized carbons (Fsp3) is 0.214. The third-order valence-electron chi connectivity index (χ3n) is 6.28. The number of urea groups is 1. The third kappa shape index (κ3) is 4.45. The summed E-state index contributed by atoms with van der Waals surface area (Å²) >= 11 is 0. The van der Waals surface area contributed by atoms with Crippen molar-refractivity contribution in [3.8, 4) is 0 Å². The van der Waals surface area contributed by atoms with Gasteiger partial charge in [-0.1, -0.05) is 72.8 Å². The monoisotopic (exact) mass is 436 g/mol. The summed E-state index contributed by atoms with van der Waals surface area (Å²) < 4.78 is 0. The van der Waals surface area contributed by atoms with E-state index in [-0.39, 0.29) is 18.1 Å². The van der Waals surface area contributed by atoms with Crippen LogP contribution < -0.4 is 10.6 Å². The van der Waals surface area contributed by atoms with E-state index in [4.69, 9.17) is 0 Å². The Hall–Kier alpha value is -3.70. The Kier molecular flexibility index (Phi) is 5.80. The fourth-order valence-corrected chi connectivity index (χ4v) is 4.75. The van der Waals surface area contributed by atoms with Gasteiger partial charge in [0.05, 0.1) is 17.8 Å². The predicted octanol–water partition coefficient (Wildman–Crippen LogP) is 5.45. The maximum Gasteiger partial charge on any atom is 0.319 e. The van der Waals surface area contributed by atoms with Gasteiger partial charge in [0.2, 0.25) is 0 Å². The summed E-state index contributed by atoms with van der Waals surface area (Å²) in [6.45, 7) is 5.58. The Morgan fingerprint density at radius 3 is 2.15 bits per heavy atom. The van der Waals surface area contributed by atoms with E-state index in [2.05, 4.69) is 69.0 Å². The second-order valence-electron chi connectivity index (χ2n) is 8.72. The van der Waals surface area contributed by atoms with E-state index in [1.165, 1.54) is 11.1 Å². The van der Waals surface area contributed by atoms with Crippen LogP contribution in [0.15, 0.2) is 84.9 Å². The lowest BCUT2D eigenvalue weighted by Crippen LogP contribution is -2.60. The molecule has 5 heteroatoms. The highest BCUT2D eigenvalue weighted by atomic mass is 16.2. The first-order valence-corrected chi connectivity index (χ1v) is 11.4. The van der Waals surface area contributed by atoms with Gasteiger partial charge in [-0.15, -0.1) is 0 Å². The SMILES string of the molecule is Cc1cc2c(NC(=O)NC3CN(C(c4ccccc4)c4ccccc4)C3)cccc2c(C)n1. The van der Waals surface area contributed by atoms with E-state index < -0.39 is 0 Å². The molecule has 5 rings (SSSR count). The van der Waals surface area contributed by atoms with Gasteiger partial charge in [0.1, 0.15) is 0 Å². The van der Waals surface area contributed by atoms with Gasteiger partial charge in [0, 0.05) is 35.2 Å². The number of hydrogen-bond donors (Lipinski definition) is 2. The molecule has 1 saturated heterocycles. The van der Waals surface area contributed by atoms with Crippen LogP contribution in [0.4, 0.5) is 10.5 Å². The number of aryl methyl sites for hydroxylation is 2. The van der Waals surface area contributed by atoms with Gasteiger partial charge in [-0.25, -0.2) is 4.79 Å². The number of nitrogens with one attached hydrogen (secondary N) is 2. The first kappa shape index (κ1) is 21.2. The fourth-order valence-electron chi connectivity index (χ4n) is 4.75. The van der Waals surface area contributed by atoms with Gasteiger partial charge in [-0.2, -0.15) is 0 Å². The van der Waals surface area contributed by atoms with E-state index in [1.54, 1.807) is 0 Å². The second-order valence-corrected chi connectivity index (χ2v) is 8.72.